The molecule has 0 radical (unpaired) electrons. The van der Waals surface area contributed by atoms with Gasteiger partial charge in [0.15, 0.2) is 0 Å². The van der Waals surface area contributed by atoms with Crippen molar-refractivity contribution < 1.29 is 23.9 Å². The molecule has 0 aliphatic carbocycles. The van der Waals surface area contributed by atoms with Crippen molar-refractivity contribution in [2.24, 2.45) is 11.8 Å². The Balaban J connectivity index is 2.73. The summed E-state index contributed by atoms with van der Waals surface area (Å²) in [6, 6.07) is -1.01. The number of rotatable bonds is 7. The number of aldehydes is 1. The number of carbonyl (C=O) groups excluding carboxylic acids is 3. The van der Waals surface area contributed by atoms with E-state index in [-0.39, 0.29) is 30.8 Å². The van der Waals surface area contributed by atoms with E-state index in [1.54, 1.807) is 20.8 Å². The van der Waals surface area contributed by atoms with Crippen molar-refractivity contribution in [3.8, 4) is 0 Å². The van der Waals surface area contributed by atoms with Gasteiger partial charge in [-0.2, -0.15) is 0 Å². The van der Waals surface area contributed by atoms with Gasteiger partial charge in [0, 0.05) is 6.42 Å². The summed E-state index contributed by atoms with van der Waals surface area (Å²) < 4.78 is 10.4. The van der Waals surface area contributed by atoms with Gasteiger partial charge < -0.3 is 14.3 Å². The number of ether oxygens (including phenoxy) is 2. The summed E-state index contributed by atoms with van der Waals surface area (Å²) in [5.41, 5.74) is -0.602. The summed E-state index contributed by atoms with van der Waals surface area (Å²) in [7, 11) is 0. The fourth-order valence-electron chi connectivity index (χ4n) is 2.76. The van der Waals surface area contributed by atoms with Gasteiger partial charge >= 0.3 is 11.9 Å². The van der Waals surface area contributed by atoms with Gasteiger partial charge in [-0.05, 0) is 39.0 Å². The SMILES string of the molecule is C=CCOC(=O)CCC1C(C(=O)OC(C)(C)C)NC(C=O)C1C. The lowest BCUT2D eigenvalue weighted by Gasteiger charge is -2.25. The first-order chi connectivity index (χ1) is 10.7. The number of esters is 2. The van der Waals surface area contributed by atoms with Crippen molar-refractivity contribution in [3.63, 3.8) is 0 Å². The molecule has 4 unspecified atom stereocenters. The van der Waals surface area contributed by atoms with Crippen LogP contribution in [-0.4, -0.2) is 42.5 Å². The smallest absolute Gasteiger partial charge is 0.323 e. The molecular formula is C17H27NO5. The van der Waals surface area contributed by atoms with E-state index in [9.17, 15) is 14.4 Å². The van der Waals surface area contributed by atoms with Crippen molar-refractivity contribution in [2.75, 3.05) is 6.61 Å². The van der Waals surface area contributed by atoms with Crippen LogP contribution in [0.3, 0.4) is 0 Å². The first-order valence-electron chi connectivity index (χ1n) is 7.90. The third-order valence-electron chi connectivity index (χ3n) is 3.89. The molecule has 0 aromatic carbocycles. The zero-order valence-corrected chi connectivity index (χ0v) is 14.3. The maximum atomic E-state index is 12.4. The fraction of sp³-hybridized carbons (Fsp3) is 0.706. The predicted molar refractivity (Wildman–Crippen MR) is 85.7 cm³/mol. The Morgan fingerprint density at radius 3 is 2.48 bits per heavy atom. The average molecular weight is 325 g/mol. The van der Waals surface area contributed by atoms with E-state index < -0.39 is 23.7 Å². The van der Waals surface area contributed by atoms with E-state index in [1.165, 1.54) is 6.08 Å². The summed E-state index contributed by atoms with van der Waals surface area (Å²) in [6.45, 7) is 10.9. The van der Waals surface area contributed by atoms with Crippen LogP contribution in [0.1, 0.15) is 40.5 Å². The van der Waals surface area contributed by atoms with Gasteiger partial charge in [0.1, 0.15) is 24.5 Å². The molecule has 0 aromatic rings. The third kappa shape index (κ3) is 5.78. The van der Waals surface area contributed by atoms with E-state index >= 15 is 0 Å². The van der Waals surface area contributed by atoms with Crippen LogP contribution in [0.4, 0.5) is 0 Å². The molecule has 1 rings (SSSR count). The van der Waals surface area contributed by atoms with Crippen LogP contribution >= 0.6 is 0 Å². The summed E-state index contributed by atoms with van der Waals surface area (Å²) in [4.78, 5) is 35.2. The Bertz CT molecular complexity index is 454. The summed E-state index contributed by atoms with van der Waals surface area (Å²) in [5.74, 6) is -0.943. The van der Waals surface area contributed by atoms with Gasteiger partial charge in [0.05, 0.1) is 6.04 Å². The van der Waals surface area contributed by atoms with Crippen LogP contribution in [0.5, 0.6) is 0 Å². The molecule has 0 bridgehead atoms. The molecule has 1 fully saturated rings. The minimum Gasteiger partial charge on any atom is -0.461 e. The fourth-order valence-corrected chi connectivity index (χ4v) is 2.76. The average Bonchev–Trinajstić information content (AvgIpc) is 2.77. The van der Waals surface area contributed by atoms with E-state index in [0.29, 0.717) is 6.42 Å². The van der Waals surface area contributed by atoms with E-state index in [0.717, 1.165) is 6.29 Å². The lowest BCUT2D eigenvalue weighted by atomic mass is 9.85. The molecule has 130 valence electrons. The molecule has 0 aromatic heterocycles. The largest absolute Gasteiger partial charge is 0.461 e. The maximum absolute atomic E-state index is 12.4. The van der Waals surface area contributed by atoms with E-state index in [2.05, 4.69) is 11.9 Å². The highest BCUT2D eigenvalue weighted by Gasteiger charge is 2.45. The molecule has 1 N–H and O–H groups in total. The topological polar surface area (TPSA) is 81.7 Å². The summed E-state index contributed by atoms with van der Waals surface area (Å²) in [5, 5.41) is 3.02. The highest BCUT2D eigenvalue weighted by atomic mass is 16.6. The van der Waals surface area contributed by atoms with Crippen molar-refractivity contribution in [1.82, 2.24) is 5.32 Å². The second-order valence-corrected chi connectivity index (χ2v) is 6.87. The Morgan fingerprint density at radius 1 is 1.30 bits per heavy atom. The predicted octanol–water partition coefficient (Wildman–Crippen LogP) is 1.63. The highest BCUT2D eigenvalue weighted by Crippen LogP contribution is 2.32. The standard InChI is InChI=1S/C17H27NO5/c1-6-9-22-14(20)8-7-12-11(2)13(10-19)18-15(12)16(21)23-17(3,4)5/h6,10-13,15,18H,1,7-9H2,2-5H3. The zero-order valence-electron chi connectivity index (χ0n) is 14.3. The minimum atomic E-state index is -0.602. The van der Waals surface area contributed by atoms with Crippen molar-refractivity contribution >= 4 is 18.2 Å². The van der Waals surface area contributed by atoms with Gasteiger partial charge in [-0.15, -0.1) is 0 Å². The molecule has 0 spiro atoms. The molecule has 0 saturated carbocycles. The highest BCUT2D eigenvalue weighted by molar-refractivity contribution is 5.79. The zero-order chi connectivity index (χ0) is 17.6. The molecule has 0 amide bonds. The van der Waals surface area contributed by atoms with Gasteiger partial charge in [0.2, 0.25) is 0 Å². The molecule has 23 heavy (non-hydrogen) atoms. The Kier molecular flexibility index (Phi) is 6.94. The number of hydrogen-bond acceptors (Lipinski definition) is 6. The van der Waals surface area contributed by atoms with Crippen LogP contribution in [0.15, 0.2) is 12.7 Å². The van der Waals surface area contributed by atoms with E-state index in [4.69, 9.17) is 9.47 Å². The van der Waals surface area contributed by atoms with Crippen LogP contribution in [0, 0.1) is 11.8 Å². The van der Waals surface area contributed by atoms with Crippen LogP contribution in [0.25, 0.3) is 0 Å². The Hall–Kier alpha value is -1.69. The van der Waals surface area contributed by atoms with Gasteiger partial charge in [-0.3, -0.25) is 14.9 Å². The van der Waals surface area contributed by atoms with E-state index in [1.807, 2.05) is 6.92 Å². The molecule has 6 nitrogen and oxygen atoms in total. The van der Waals surface area contributed by atoms with Gasteiger partial charge in [0.25, 0.3) is 0 Å². The van der Waals surface area contributed by atoms with Crippen LogP contribution < -0.4 is 5.32 Å². The molecular weight excluding hydrogens is 298 g/mol. The first kappa shape index (κ1) is 19.4. The molecule has 1 heterocycles. The monoisotopic (exact) mass is 325 g/mol. The molecule has 1 aliphatic rings. The third-order valence-corrected chi connectivity index (χ3v) is 3.89. The molecule has 4 atom stereocenters. The van der Waals surface area contributed by atoms with Gasteiger partial charge in [-0.25, -0.2) is 0 Å². The maximum Gasteiger partial charge on any atom is 0.323 e. The first-order valence-corrected chi connectivity index (χ1v) is 7.90. The number of carbonyl (C=O) groups is 3. The van der Waals surface area contributed by atoms with Gasteiger partial charge in [-0.1, -0.05) is 19.6 Å². The number of nitrogens with one attached hydrogen (secondary N) is 1. The lowest BCUT2D eigenvalue weighted by molar-refractivity contribution is -0.158. The molecule has 6 heteroatoms. The summed E-state index contributed by atoms with van der Waals surface area (Å²) >= 11 is 0. The van der Waals surface area contributed by atoms with Crippen molar-refractivity contribution in [2.45, 2.75) is 58.2 Å². The minimum absolute atomic E-state index is 0.0581. The quantitative estimate of drug-likeness (QED) is 0.435. The molecule has 1 aliphatic heterocycles. The van der Waals surface area contributed by atoms with Crippen LogP contribution in [-0.2, 0) is 23.9 Å². The Morgan fingerprint density at radius 2 is 1.96 bits per heavy atom. The van der Waals surface area contributed by atoms with Crippen molar-refractivity contribution in [1.29, 1.82) is 0 Å². The van der Waals surface area contributed by atoms with Crippen LogP contribution in [0.2, 0.25) is 0 Å². The van der Waals surface area contributed by atoms with Crippen molar-refractivity contribution in [3.05, 3.63) is 12.7 Å². The lowest BCUT2D eigenvalue weighted by Crippen LogP contribution is -2.43. The molecule has 1 saturated heterocycles. The Labute approximate surface area is 137 Å². The number of hydrogen-bond donors (Lipinski definition) is 1. The summed E-state index contributed by atoms with van der Waals surface area (Å²) in [6.07, 6.45) is 2.95. The second kappa shape index (κ2) is 8.24. The second-order valence-electron chi connectivity index (χ2n) is 6.87. The normalized spacial score (nSPS) is 27.3.